The predicted octanol–water partition coefficient (Wildman–Crippen LogP) is 9.54. The number of aromatic nitrogens is 1. The Morgan fingerprint density at radius 2 is 0.932 bits per heavy atom. The Kier molecular flexibility index (Phi) is 5.85. The smallest absolute Gasteiger partial charge is 0.268 e. The van der Waals surface area contributed by atoms with Gasteiger partial charge in [-0.1, -0.05) is 121 Å². The van der Waals surface area contributed by atoms with E-state index < -0.39 is 0 Å². The van der Waals surface area contributed by atoms with Gasteiger partial charge in [0.25, 0.3) is 11.8 Å². The number of imide groups is 1. The van der Waals surface area contributed by atoms with Gasteiger partial charge < -0.3 is 4.57 Å². The number of amides is 2. The maximum atomic E-state index is 14.8. The zero-order chi connectivity index (χ0) is 29.9. The van der Waals surface area contributed by atoms with E-state index in [0.29, 0.717) is 22.5 Å². The van der Waals surface area contributed by atoms with E-state index in [9.17, 15) is 9.59 Å². The fourth-order valence-electron chi connectivity index (χ4n) is 6.84. The van der Waals surface area contributed by atoms with E-state index in [4.69, 9.17) is 0 Å². The molecule has 6 aromatic carbocycles. The highest BCUT2D eigenvalue weighted by Gasteiger charge is 2.41. The number of rotatable bonds is 4. The molecule has 0 aliphatic carbocycles. The first-order valence-corrected chi connectivity index (χ1v) is 14.8. The Morgan fingerprint density at radius 3 is 1.48 bits per heavy atom. The molecule has 8 rings (SSSR count). The van der Waals surface area contributed by atoms with Crippen LogP contribution >= 0.6 is 0 Å². The maximum Gasteiger partial charge on any atom is 0.268 e. The molecule has 210 valence electrons. The van der Waals surface area contributed by atoms with Crippen molar-refractivity contribution >= 4 is 39.3 Å². The van der Waals surface area contributed by atoms with Crippen molar-refractivity contribution in [3.8, 4) is 27.9 Å². The molecule has 4 heteroatoms. The summed E-state index contributed by atoms with van der Waals surface area (Å²) in [5.74, 6) is -0.639. The SMILES string of the molecule is Cc1cccc2c3cccc(C)c3n(-c3cccc4c3C(=O)N(c3c(-c5ccccc5)cccc3-c3ccccc3)C4=O)c12. The van der Waals surface area contributed by atoms with E-state index in [1.54, 1.807) is 6.07 Å². The summed E-state index contributed by atoms with van der Waals surface area (Å²) in [6, 6.07) is 44.1. The van der Waals surface area contributed by atoms with Crippen molar-refractivity contribution in [2.75, 3.05) is 4.90 Å². The quantitative estimate of drug-likeness (QED) is 0.198. The highest BCUT2D eigenvalue weighted by Crippen LogP contribution is 2.45. The maximum absolute atomic E-state index is 14.8. The number of para-hydroxylation sites is 3. The molecule has 7 aromatic rings. The molecule has 1 aromatic heterocycles. The van der Waals surface area contributed by atoms with Gasteiger partial charge in [-0.2, -0.15) is 0 Å². The van der Waals surface area contributed by atoms with Crippen LogP contribution in [0.3, 0.4) is 0 Å². The topological polar surface area (TPSA) is 42.3 Å². The van der Waals surface area contributed by atoms with Crippen LogP contribution in [0.4, 0.5) is 5.69 Å². The van der Waals surface area contributed by atoms with Crippen LogP contribution in [0.5, 0.6) is 0 Å². The number of fused-ring (bicyclic) bond motifs is 4. The van der Waals surface area contributed by atoms with Crippen molar-refractivity contribution in [3.63, 3.8) is 0 Å². The predicted molar refractivity (Wildman–Crippen MR) is 179 cm³/mol. The molecule has 1 aliphatic heterocycles. The standard InChI is InChI=1S/C40H28N2O2/c1-25-13-9-21-31-32-22-10-14-26(2)37(32)41(36(25)31)34-24-12-23-33-35(34)40(44)42(39(33)43)38-29(27-15-5-3-6-16-27)19-11-20-30(38)28-17-7-4-8-18-28/h3-24H,1-2H3. The lowest BCUT2D eigenvalue weighted by atomic mass is 9.95. The first kappa shape index (κ1) is 25.9. The second-order valence-corrected chi connectivity index (χ2v) is 11.4. The lowest BCUT2D eigenvalue weighted by Gasteiger charge is -2.23. The first-order valence-electron chi connectivity index (χ1n) is 14.8. The number of hydrogen-bond donors (Lipinski definition) is 0. The first-order chi connectivity index (χ1) is 21.5. The normalized spacial score (nSPS) is 12.8. The lowest BCUT2D eigenvalue weighted by Crippen LogP contribution is -2.30. The molecule has 0 unspecified atom stereocenters. The second-order valence-electron chi connectivity index (χ2n) is 11.4. The molecule has 0 spiro atoms. The fraction of sp³-hybridized carbons (Fsp3) is 0.0500. The Labute approximate surface area is 255 Å². The molecule has 0 atom stereocenters. The number of carbonyl (C=O) groups is 2. The van der Waals surface area contributed by atoms with Gasteiger partial charge in [0, 0.05) is 21.9 Å². The van der Waals surface area contributed by atoms with Gasteiger partial charge in [0.2, 0.25) is 0 Å². The molecule has 44 heavy (non-hydrogen) atoms. The van der Waals surface area contributed by atoms with E-state index in [-0.39, 0.29) is 11.8 Å². The van der Waals surface area contributed by atoms with Gasteiger partial charge in [-0.05, 0) is 48.2 Å². The molecule has 0 saturated heterocycles. The summed E-state index contributed by atoms with van der Waals surface area (Å²) in [5.41, 5.74) is 9.94. The van der Waals surface area contributed by atoms with Gasteiger partial charge in [0.15, 0.2) is 0 Å². The molecule has 0 saturated carbocycles. The minimum atomic E-state index is -0.321. The Hall–Kier alpha value is -5.74. The third kappa shape index (κ3) is 3.71. The minimum Gasteiger partial charge on any atom is -0.308 e. The summed E-state index contributed by atoms with van der Waals surface area (Å²) < 4.78 is 2.18. The average Bonchev–Trinajstić information content (AvgIpc) is 3.54. The summed E-state index contributed by atoms with van der Waals surface area (Å²) >= 11 is 0. The van der Waals surface area contributed by atoms with E-state index >= 15 is 0 Å². The van der Waals surface area contributed by atoms with Crippen molar-refractivity contribution < 1.29 is 9.59 Å². The highest BCUT2D eigenvalue weighted by atomic mass is 16.2. The van der Waals surface area contributed by atoms with Crippen LogP contribution in [-0.4, -0.2) is 16.4 Å². The molecule has 2 amide bonds. The van der Waals surface area contributed by atoms with Gasteiger partial charge >= 0.3 is 0 Å². The van der Waals surface area contributed by atoms with Crippen molar-refractivity contribution in [2.24, 2.45) is 0 Å². The number of hydrogen-bond acceptors (Lipinski definition) is 2. The van der Waals surface area contributed by atoms with Gasteiger partial charge in [-0.15, -0.1) is 0 Å². The van der Waals surface area contributed by atoms with Gasteiger partial charge in [-0.3, -0.25) is 9.59 Å². The van der Waals surface area contributed by atoms with E-state index in [0.717, 1.165) is 55.2 Å². The van der Waals surface area contributed by atoms with Crippen molar-refractivity contribution in [1.29, 1.82) is 0 Å². The second kappa shape index (κ2) is 9.92. The molecule has 0 radical (unpaired) electrons. The summed E-state index contributed by atoms with van der Waals surface area (Å²) in [5, 5.41) is 2.24. The largest absolute Gasteiger partial charge is 0.308 e. The monoisotopic (exact) mass is 568 g/mol. The van der Waals surface area contributed by atoms with Crippen molar-refractivity contribution in [3.05, 3.63) is 156 Å². The number of carbonyl (C=O) groups excluding carboxylic acids is 2. The summed E-state index contributed by atoms with van der Waals surface area (Å²) in [6.07, 6.45) is 0. The highest BCUT2D eigenvalue weighted by molar-refractivity contribution is 6.37. The molecule has 4 nitrogen and oxygen atoms in total. The fourth-order valence-corrected chi connectivity index (χ4v) is 6.84. The number of anilines is 1. The molecule has 0 fully saturated rings. The van der Waals surface area contributed by atoms with Gasteiger partial charge in [-0.25, -0.2) is 4.90 Å². The van der Waals surface area contributed by atoms with Crippen LogP contribution in [0.25, 0.3) is 49.7 Å². The molecule has 1 aliphatic rings. The number of aryl methyl sites for hydroxylation is 2. The number of benzene rings is 6. The van der Waals surface area contributed by atoms with Crippen molar-refractivity contribution in [2.45, 2.75) is 13.8 Å². The molecular weight excluding hydrogens is 540 g/mol. The van der Waals surface area contributed by atoms with Gasteiger partial charge in [0.1, 0.15) is 0 Å². The molecule has 2 heterocycles. The lowest BCUT2D eigenvalue weighted by molar-refractivity contribution is 0.0926. The van der Waals surface area contributed by atoms with Crippen molar-refractivity contribution in [1.82, 2.24) is 4.57 Å². The van der Waals surface area contributed by atoms with E-state index in [1.807, 2.05) is 91.0 Å². The zero-order valence-corrected chi connectivity index (χ0v) is 24.4. The Balaban J connectivity index is 1.41. The van der Waals surface area contributed by atoms with Crippen LogP contribution in [0.1, 0.15) is 31.8 Å². The summed E-state index contributed by atoms with van der Waals surface area (Å²) in [6.45, 7) is 4.19. The summed E-state index contributed by atoms with van der Waals surface area (Å²) in [4.78, 5) is 30.7. The van der Waals surface area contributed by atoms with Crippen LogP contribution < -0.4 is 4.90 Å². The third-order valence-corrected chi connectivity index (χ3v) is 8.78. The van der Waals surface area contributed by atoms with E-state index in [1.165, 1.54) is 4.90 Å². The Bertz CT molecular complexity index is 2160. The average molecular weight is 569 g/mol. The van der Waals surface area contributed by atoms with E-state index in [2.05, 4.69) is 54.8 Å². The van der Waals surface area contributed by atoms with Gasteiger partial charge in [0.05, 0.1) is 33.5 Å². The molecule has 0 bridgehead atoms. The van der Waals surface area contributed by atoms with Crippen LogP contribution in [0.15, 0.2) is 133 Å². The minimum absolute atomic E-state index is 0.318. The third-order valence-electron chi connectivity index (χ3n) is 8.78. The Morgan fingerprint density at radius 1 is 0.455 bits per heavy atom. The molecule has 0 N–H and O–H groups in total. The van der Waals surface area contributed by atoms with Crippen LogP contribution in [0.2, 0.25) is 0 Å². The zero-order valence-electron chi connectivity index (χ0n) is 24.4. The summed E-state index contributed by atoms with van der Waals surface area (Å²) in [7, 11) is 0. The number of nitrogens with zero attached hydrogens (tertiary/aromatic N) is 2. The van der Waals surface area contributed by atoms with Crippen LogP contribution in [-0.2, 0) is 0 Å². The van der Waals surface area contributed by atoms with Crippen LogP contribution in [0, 0.1) is 13.8 Å². The molecular formula is C40H28N2O2.